The number of ether oxygens (including phenoxy) is 2. The zero-order valence-corrected chi connectivity index (χ0v) is 15.4. The third-order valence-electron chi connectivity index (χ3n) is 4.03. The molecule has 2 aromatic carbocycles. The summed E-state index contributed by atoms with van der Waals surface area (Å²) in [6.45, 7) is 5.35. The molecule has 0 spiro atoms. The van der Waals surface area contributed by atoms with Gasteiger partial charge in [-0.3, -0.25) is 4.79 Å². The second-order valence-electron chi connectivity index (χ2n) is 5.96. The molecule has 0 bridgehead atoms. The van der Waals surface area contributed by atoms with Crippen molar-refractivity contribution in [3.63, 3.8) is 0 Å². The maximum absolute atomic E-state index is 12.4. The molecule has 3 rings (SSSR count). The predicted octanol–water partition coefficient (Wildman–Crippen LogP) is 4.53. The average molecular weight is 357 g/mol. The highest BCUT2D eigenvalue weighted by molar-refractivity contribution is 8.00. The monoisotopic (exact) mass is 357 g/mol. The molecule has 0 saturated carbocycles. The first-order valence-electron chi connectivity index (χ1n) is 8.62. The molecule has 1 amide bonds. The molecular weight excluding hydrogens is 334 g/mol. The zero-order valence-electron chi connectivity index (χ0n) is 14.6. The number of benzene rings is 2. The first-order chi connectivity index (χ1) is 12.2. The van der Waals surface area contributed by atoms with Crippen molar-refractivity contribution in [2.24, 2.45) is 0 Å². The number of hydrogen-bond acceptors (Lipinski definition) is 4. The van der Waals surface area contributed by atoms with Crippen molar-refractivity contribution in [2.75, 3.05) is 18.5 Å². The van der Waals surface area contributed by atoms with Gasteiger partial charge in [-0.15, -0.1) is 11.8 Å². The minimum atomic E-state index is -0.212. The standard InChI is InChI=1S/C20H23NO3S/c1-3-15-5-7-16(8-6-15)21-20(22)14(2)25-17-9-10-18-19(13-17)24-12-4-11-23-18/h5-10,13-14H,3-4,11-12H2,1-2H3,(H,21,22)/t14-/m0/s1. The molecule has 0 unspecified atom stereocenters. The van der Waals surface area contributed by atoms with Crippen molar-refractivity contribution < 1.29 is 14.3 Å². The summed E-state index contributed by atoms with van der Waals surface area (Å²) in [4.78, 5) is 13.4. The van der Waals surface area contributed by atoms with Crippen LogP contribution in [-0.2, 0) is 11.2 Å². The summed E-state index contributed by atoms with van der Waals surface area (Å²) in [5, 5.41) is 2.76. The number of thioether (sulfide) groups is 1. The first-order valence-corrected chi connectivity index (χ1v) is 9.50. The van der Waals surface area contributed by atoms with Gasteiger partial charge in [-0.25, -0.2) is 0 Å². The third kappa shape index (κ3) is 4.69. The molecule has 25 heavy (non-hydrogen) atoms. The Hall–Kier alpha value is -2.14. The SMILES string of the molecule is CCc1ccc(NC(=O)[C@H](C)Sc2ccc3c(c2)OCCCO3)cc1. The minimum absolute atomic E-state index is 0.0126. The Morgan fingerprint density at radius 1 is 1.12 bits per heavy atom. The molecule has 1 aliphatic heterocycles. The van der Waals surface area contributed by atoms with E-state index in [1.165, 1.54) is 17.3 Å². The van der Waals surface area contributed by atoms with Gasteiger partial charge in [0.05, 0.1) is 18.5 Å². The largest absolute Gasteiger partial charge is 0.490 e. The van der Waals surface area contributed by atoms with Gasteiger partial charge in [-0.2, -0.15) is 0 Å². The van der Waals surface area contributed by atoms with Crippen LogP contribution in [-0.4, -0.2) is 24.4 Å². The Morgan fingerprint density at radius 2 is 1.84 bits per heavy atom. The summed E-state index contributed by atoms with van der Waals surface area (Å²) in [6, 6.07) is 13.8. The molecular formula is C20H23NO3S. The highest BCUT2D eigenvalue weighted by Crippen LogP contribution is 2.35. The highest BCUT2D eigenvalue weighted by atomic mass is 32.2. The van der Waals surface area contributed by atoms with Crippen LogP contribution in [0.3, 0.4) is 0 Å². The van der Waals surface area contributed by atoms with Crippen molar-refractivity contribution in [3.05, 3.63) is 48.0 Å². The molecule has 0 aromatic heterocycles. The molecule has 1 aliphatic rings. The number of carbonyl (C=O) groups excluding carboxylic acids is 1. The van der Waals surface area contributed by atoms with Crippen molar-refractivity contribution in [1.82, 2.24) is 0 Å². The van der Waals surface area contributed by atoms with E-state index < -0.39 is 0 Å². The van der Waals surface area contributed by atoms with Gasteiger partial charge < -0.3 is 14.8 Å². The van der Waals surface area contributed by atoms with E-state index in [1.807, 2.05) is 49.4 Å². The van der Waals surface area contributed by atoms with Gasteiger partial charge in [-0.1, -0.05) is 19.1 Å². The minimum Gasteiger partial charge on any atom is -0.490 e. The Bertz CT molecular complexity index is 730. The van der Waals surface area contributed by atoms with Gasteiger partial charge in [-0.05, 0) is 49.2 Å². The number of rotatable bonds is 5. The lowest BCUT2D eigenvalue weighted by molar-refractivity contribution is -0.115. The van der Waals surface area contributed by atoms with E-state index in [9.17, 15) is 4.79 Å². The van der Waals surface area contributed by atoms with Crippen LogP contribution in [0.4, 0.5) is 5.69 Å². The molecule has 5 heteroatoms. The van der Waals surface area contributed by atoms with Crippen molar-refractivity contribution >= 4 is 23.4 Å². The van der Waals surface area contributed by atoms with Crippen LogP contribution >= 0.6 is 11.8 Å². The van der Waals surface area contributed by atoms with Gasteiger partial charge in [0.25, 0.3) is 0 Å². The fourth-order valence-electron chi connectivity index (χ4n) is 2.54. The topological polar surface area (TPSA) is 47.6 Å². The van der Waals surface area contributed by atoms with Crippen LogP contribution in [0.2, 0.25) is 0 Å². The maximum Gasteiger partial charge on any atom is 0.237 e. The summed E-state index contributed by atoms with van der Waals surface area (Å²) in [5.41, 5.74) is 2.08. The van der Waals surface area contributed by atoms with Crippen LogP contribution in [0.15, 0.2) is 47.4 Å². The Morgan fingerprint density at radius 3 is 2.56 bits per heavy atom. The normalized spacial score (nSPS) is 14.5. The molecule has 0 fully saturated rings. The Balaban J connectivity index is 1.61. The van der Waals surface area contributed by atoms with Crippen molar-refractivity contribution in [3.8, 4) is 11.5 Å². The number of nitrogens with one attached hydrogen (secondary N) is 1. The predicted molar refractivity (Wildman–Crippen MR) is 102 cm³/mol. The van der Waals surface area contributed by atoms with E-state index in [0.29, 0.717) is 13.2 Å². The number of carbonyl (C=O) groups is 1. The van der Waals surface area contributed by atoms with E-state index in [-0.39, 0.29) is 11.2 Å². The van der Waals surface area contributed by atoms with Gasteiger partial charge >= 0.3 is 0 Å². The molecule has 132 valence electrons. The van der Waals surface area contributed by atoms with E-state index in [1.54, 1.807) is 0 Å². The number of fused-ring (bicyclic) bond motifs is 1. The average Bonchev–Trinajstić information content (AvgIpc) is 2.87. The first kappa shape index (κ1) is 17.7. The lowest BCUT2D eigenvalue weighted by Gasteiger charge is -2.14. The second-order valence-corrected chi connectivity index (χ2v) is 7.37. The zero-order chi connectivity index (χ0) is 17.6. The number of aryl methyl sites for hydroxylation is 1. The van der Waals surface area contributed by atoms with Crippen LogP contribution in [0.5, 0.6) is 11.5 Å². The highest BCUT2D eigenvalue weighted by Gasteiger charge is 2.17. The van der Waals surface area contributed by atoms with Crippen LogP contribution < -0.4 is 14.8 Å². The molecule has 1 heterocycles. The summed E-state index contributed by atoms with van der Waals surface area (Å²) >= 11 is 1.51. The van der Waals surface area contributed by atoms with Crippen molar-refractivity contribution in [2.45, 2.75) is 36.8 Å². The van der Waals surface area contributed by atoms with E-state index in [4.69, 9.17) is 9.47 Å². The number of hydrogen-bond donors (Lipinski definition) is 1. The molecule has 2 aromatic rings. The van der Waals surface area contributed by atoms with Crippen LogP contribution in [0, 0.1) is 0 Å². The molecule has 0 saturated heterocycles. The molecule has 1 atom stereocenters. The van der Waals surface area contributed by atoms with Gasteiger partial charge in [0, 0.05) is 17.0 Å². The Labute approximate surface area is 152 Å². The smallest absolute Gasteiger partial charge is 0.237 e. The fourth-order valence-corrected chi connectivity index (χ4v) is 3.44. The van der Waals surface area contributed by atoms with Gasteiger partial charge in [0.2, 0.25) is 5.91 Å². The maximum atomic E-state index is 12.4. The van der Waals surface area contributed by atoms with E-state index >= 15 is 0 Å². The summed E-state index contributed by atoms with van der Waals surface area (Å²) in [6.07, 6.45) is 1.87. The fraction of sp³-hybridized carbons (Fsp3) is 0.350. The van der Waals surface area contributed by atoms with E-state index in [2.05, 4.69) is 12.2 Å². The summed E-state index contributed by atoms with van der Waals surface area (Å²) in [7, 11) is 0. The van der Waals surface area contributed by atoms with Gasteiger partial charge in [0.1, 0.15) is 0 Å². The van der Waals surface area contributed by atoms with Crippen LogP contribution in [0.25, 0.3) is 0 Å². The number of anilines is 1. The third-order valence-corrected chi connectivity index (χ3v) is 5.12. The Kier molecular flexibility index (Phi) is 5.87. The lowest BCUT2D eigenvalue weighted by atomic mass is 10.1. The number of amides is 1. The van der Waals surface area contributed by atoms with Crippen LogP contribution in [0.1, 0.15) is 25.8 Å². The molecule has 4 nitrogen and oxygen atoms in total. The summed E-state index contributed by atoms with van der Waals surface area (Å²) < 4.78 is 11.3. The van der Waals surface area contributed by atoms with Gasteiger partial charge in [0.15, 0.2) is 11.5 Å². The van der Waals surface area contributed by atoms with E-state index in [0.717, 1.165) is 34.9 Å². The molecule has 0 aliphatic carbocycles. The lowest BCUT2D eigenvalue weighted by Crippen LogP contribution is -2.22. The molecule has 0 radical (unpaired) electrons. The summed E-state index contributed by atoms with van der Waals surface area (Å²) in [5.74, 6) is 1.52. The van der Waals surface area contributed by atoms with Crippen molar-refractivity contribution in [1.29, 1.82) is 0 Å². The quantitative estimate of drug-likeness (QED) is 0.799. The second kappa shape index (κ2) is 8.30. The molecule has 1 N–H and O–H groups in total.